The summed E-state index contributed by atoms with van der Waals surface area (Å²) >= 11 is 0. The molecule has 3 N–H and O–H groups in total. The second kappa shape index (κ2) is 10.7. The van der Waals surface area contributed by atoms with Gasteiger partial charge in [-0.1, -0.05) is 6.07 Å². The molecule has 2 aromatic rings. The van der Waals surface area contributed by atoms with E-state index in [2.05, 4.69) is 20.2 Å². The Kier molecular flexibility index (Phi) is 7.82. The van der Waals surface area contributed by atoms with Crippen molar-refractivity contribution in [2.24, 2.45) is 11.1 Å². The van der Waals surface area contributed by atoms with Gasteiger partial charge in [0.2, 0.25) is 5.91 Å². The van der Waals surface area contributed by atoms with Gasteiger partial charge in [0.15, 0.2) is 0 Å². The molecule has 2 heterocycles. The second-order valence-corrected chi connectivity index (χ2v) is 10.1. The number of amides is 2. The maximum Gasteiger partial charge on any atom is 0.395 e. The predicted molar refractivity (Wildman–Crippen MR) is 128 cm³/mol. The lowest BCUT2D eigenvalue weighted by atomic mass is 9.81. The summed E-state index contributed by atoms with van der Waals surface area (Å²) in [5.74, 6) is -2.68. The van der Waals surface area contributed by atoms with Gasteiger partial charge in [0.25, 0.3) is 5.91 Å². The van der Waals surface area contributed by atoms with Crippen LogP contribution in [0.1, 0.15) is 65.3 Å². The molecule has 4 rings (SSSR count). The highest BCUT2D eigenvalue weighted by Crippen LogP contribution is 2.66. The van der Waals surface area contributed by atoms with Gasteiger partial charge in [-0.3, -0.25) is 14.5 Å². The molecule has 1 aliphatic heterocycles. The lowest BCUT2D eigenvalue weighted by Crippen LogP contribution is -2.44. The quantitative estimate of drug-likeness (QED) is 0.465. The Morgan fingerprint density at radius 1 is 1.16 bits per heavy atom. The number of hydrogen-bond donors (Lipinski definition) is 2. The molecule has 0 bridgehead atoms. The normalized spacial score (nSPS) is 18.8. The second-order valence-electron chi connectivity index (χ2n) is 10.1. The van der Waals surface area contributed by atoms with Crippen molar-refractivity contribution in [3.05, 3.63) is 58.9 Å². The number of likely N-dealkylation sites (tertiary alicyclic amines) is 1. The number of aromatic nitrogens is 2. The number of rotatable bonds is 10. The molecule has 1 aromatic heterocycles. The first-order chi connectivity index (χ1) is 17.5. The average Bonchev–Trinajstić information content (AvgIpc) is 3.48. The molecular formula is C26H31F4N5O2. The van der Waals surface area contributed by atoms with Crippen LogP contribution in [0.15, 0.2) is 30.6 Å². The Bertz CT molecular complexity index is 1130. The highest BCUT2D eigenvalue weighted by molar-refractivity contribution is 5.93. The molecule has 200 valence electrons. The van der Waals surface area contributed by atoms with E-state index in [1.807, 2.05) is 0 Å². The third-order valence-corrected chi connectivity index (χ3v) is 7.58. The Balaban J connectivity index is 1.47. The van der Waals surface area contributed by atoms with E-state index in [0.717, 1.165) is 25.9 Å². The van der Waals surface area contributed by atoms with Crippen molar-refractivity contribution in [2.75, 3.05) is 19.6 Å². The van der Waals surface area contributed by atoms with Crippen LogP contribution in [-0.2, 0) is 11.2 Å². The summed E-state index contributed by atoms with van der Waals surface area (Å²) in [6, 6.07) is 4.05. The van der Waals surface area contributed by atoms with Crippen LogP contribution in [0.2, 0.25) is 0 Å². The van der Waals surface area contributed by atoms with Gasteiger partial charge in [-0.2, -0.15) is 13.2 Å². The number of hydrogen-bond acceptors (Lipinski definition) is 5. The number of carbonyl (C=O) groups excluding carboxylic acids is 2. The fourth-order valence-corrected chi connectivity index (χ4v) is 5.26. The zero-order chi connectivity index (χ0) is 26.8. The lowest BCUT2D eigenvalue weighted by molar-refractivity contribution is -0.194. The number of aryl methyl sites for hydroxylation is 1. The van der Waals surface area contributed by atoms with Gasteiger partial charge in [-0.25, -0.2) is 14.4 Å². The topological polar surface area (TPSA) is 101 Å². The number of nitrogens with two attached hydrogens (primary N) is 1. The predicted octanol–water partition coefficient (Wildman–Crippen LogP) is 3.66. The zero-order valence-electron chi connectivity index (χ0n) is 20.7. The lowest BCUT2D eigenvalue weighted by Gasteiger charge is -2.30. The number of carbonyl (C=O) groups is 2. The van der Waals surface area contributed by atoms with Gasteiger partial charge in [0, 0.05) is 37.3 Å². The van der Waals surface area contributed by atoms with Crippen LogP contribution in [-0.4, -0.2) is 58.5 Å². The summed E-state index contributed by atoms with van der Waals surface area (Å²) in [4.78, 5) is 34.6. The van der Waals surface area contributed by atoms with E-state index >= 15 is 0 Å². The zero-order valence-corrected chi connectivity index (χ0v) is 20.7. The van der Waals surface area contributed by atoms with E-state index in [1.54, 1.807) is 13.0 Å². The van der Waals surface area contributed by atoms with Crippen molar-refractivity contribution < 1.29 is 27.2 Å². The van der Waals surface area contributed by atoms with Crippen molar-refractivity contribution >= 4 is 11.8 Å². The molecule has 0 radical (unpaired) electrons. The summed E-state index contributed by atoms with van der Waals surface area (Å²) in [6.07, 6.45) is 0.288. The van der Waals surface area contributed by atoms with Crippen LogP contribution in [0.5, 0.6) is 0 Å². The molecule has 1 aliphatic carbocycles. The van der Waals surface area contributed by atoms with Crippen LogP contribution < -0.4 is 11.1 Å². The van der Waals surface area contributed by atoms with Crippen molar-refractivity contribution in [1.82, 2.24) is 20.2 Å². The third-order valence-electron chi connectivity index (χ3n) is 7.58. The smallest absolute Gasteiger partial charge is 0.366 e. The van der Waals surface area contributed by atoms with Crippen molar-refractivity contribution in [3.63, 3.8) is 0 Å². The fraction of sp³-hybridized carbons (Fsp3) is 0.538. The van der Waals surface area contributed by atoms with Crippen LogP contribution in [0.4, 0.5) is 17.6 Å². The maximum atomic E-state index is 14.3. The minimum atomic E-state index is -4.44. The summed E-state index contributed by atoms with van der Waals surface area (Å²) < 4.78 is 56.3. The molecule has 7 nitrogen and oxygen atoms in total. The molecule has 2 amide bonds. The fourth-order valence-electron chi connectivity index (χ4n) is 5.26. The van der Waals surface area contributed by atoms with Crippen LogP contribution in [0, 0.1) is 18.2 Å². The van der Waals surface area contributed by atoms with Gasteiger partial charge in [0.05, 0.1) is 11.0 Å². The molecule has 2 atom stereocenters. The van der Waals surface area contributed by atoms with Gasteiger partial charge in [-0.05, 0) is 75.4 Å². The molecule has 11 heteroatoms. The number of benzene rings is 1. The third kappa shape index (κ3) is 6.08. The van der Waals surface area contributed by atoms with E-state index < -0.39 is 35.1 Å². The standard InChI is InChI=1S/C26H31F4N5O2/c1-16-32-13-18(14-33-16)21(25(6-7-25)26(28,29)30)12-23(36)34-15-19(35-8-2-3-9-35)10-17-4-5-20(24(31)37)22(27)11-17/h4-5,11,13-14,19,21H,2-3,6-10,12,15H2,1H3,(H2,31,37)(H,34,36)/t19-,21-/m0/s1. The van der Waals surface area contributed by atoms with E-state index in [4.69, 9.17) is 5.73 Å². The van der Waals surface area contributed by atoms with Crippen molar-refractivity contribution in [2.45, 2.75) is 63.6 Å². The van der Waals surface area contributed by atoms with E-state index in [0.29, 0.717) is 23.4 Å². The largest absolute Gasteiger partial charge is 0.395 e. The van der Waals surface area contributed by atoms with Crippen LogP contribution >= 0.6 is 0 Å². The summed E-state index contributed by atoms with van der Waals surface area (Å²) in [7, 11) is 0. The molecule has 1 aromatic carbocycles. The van der Waals surface area contributed by atoms with E-state index in [-0.39, 0.29) is 37.4 Å². The van der Waals surface area contributed by atoms with Gasteiger partial charge >= 0.3 is 6.18 Å². The molecule has 0 unspecified atom stereocenters. The SMILES string of the molecule is Cc1ncc([C@H](CC(=O)NC[C@H](Cc2ccc(C(N)=O)c(F)c2)N2CCCC2)C2(C(F)(F)F)CC2)cn1. The first-order valence-electron chi connectivity index (χ1n) is 12.4. The molecule has 37 heavy (non-hydrogen) atoms. The Morgan fingerprint density at radius 2 is 1.81 bits per heavy atom. The number of nitrogens with zero attached hydrogens (tertiary/aromatic N) is 3. The molecule has 1 saturated carbocycles. The number of halogens is 4. The van der Waals surface area contributed by atoms with Gasteiger partial charge in [0.1, 0.15) is 11.6 Å². The number of nitrogens with one attached hydrogen (secondary N) is 1. The van der Waals surface area contributed by atoms with Crippen molar-refractivity contribution in [1.29, 1.82) is 0 Å². The minimum absolute atomic E-state index is 0.0361. The van der Waals surface area contributed by atoms with Crippen LogP contribution in [0.25, 0.3) is 0 Å². The Labute approximate surface area is 212 Å². The molecule has 2 aliphatic rings. The molecule has 1 saturated heterocycles. The van der Waals surface area contributed by atoms with E-state index in [1.165, 1.54) is 24.5 Å². The van der Waals surface area contributed by atoms with E-state index in [9.17, 15) is 27.2 Å². The van der Waals surface area contributed by atoms with Crippen LogP contribution in [0.3, 0.4) is 0 Å². The molecular weight excluding hydrogens is 490 g/mol. The first-order valence-corrected chi connectivity index (χ1v) is 12.4. The Morgan fingerprint density at radius 3 is 2.35 bits per heavy atom. The summed E-state index contributed by atoms with van der Waals surface area (Å²) in [5, 5.41) is 2.83. The monoisotopic (exact) mass is 521 g/mol. The summed E-state index contributed by atoms with van der Waals surface area (Å²) in [6.45, 7) is 3.47. The maximum absolute atomic E-state index is 14.3. The number of primary amides is 1. The first kappa shape index (κ1) is 27.0. The highest BCUT2D eigenvalue weighted by atomic mass is 19.4. The number of alkyl halides is 3. The summed E-state index contributed by atoms with van der Waals surface area (Å²) in [5.41, 5.74) is 3.98. The molecule has 2 fully saturated rings. The minimum Gasteiger partial charge on any atom is -0.366 e. The van der Waals surface area contributed by atoms with Gasteiger partial charge < -0.3 is 11.1 Å². The molecule has 0 spiro atoms. The average molecular weight is 522 g/mol. The Hall–Kier alpha value is -3.08. The van der Waals surface area contributed by atoms with Gasteiger partial charge in [-0.15, -0.1) is 0 Å². The van der Waals surface area contributed by atoms with Crippen molar-refractivity contribution in [3.8, 4) is 0 Å². The highest BCUT2D eigenvalue weighted by Gasteiger charge is 2.67.